The van der Waals surface area contributed by atoms with Gasteiger partial charge in [0.25, 0.3) is 0 Å². The van der Waals surface area contributed by atoms with E-state index in [0.29, 0.717) is 44.2 Å². The summed E-state index contributed by atoms with van der Waals surface area (Å²) in [5.41, 5.74) is -0.533. The van der Waals surface area contributed by atoms with Crippen LogP contribution in [-0.4, -0.2) is 41.6 Å². The summed E-state index contributed by atoms with van der Waals surface area (Å²) < 4.78 is 19.6. The third kappa shape index (κ3) is 4.09. The number of hydrogen-bond acceptors (Lipinski definition) is 3. The largest absolute Gasteiger partial charge is 0.493 e. The minimum absolute atomic E-state index is 0.220. The van der Waals surface area contributed by atoms with Gasteiger partial charge in [-0.25, -0.2) is 4.39 Å². The molecule has 1 saturated heterocycles. The summed E-state index contributed by atoms with van der Waals surface area (Å²) >= 11 is 0. The van der Waals surface area contributed by atoms with E-state index in [1.807, 2.05) is 20.8 Å². The van der Waals surface area contributed by atoms with Crippen LogP contribution in [-0.2, 0) is 15.0 Å². The number of halogens is 1. The Bertz CT molecular complexity index is 728. The van der Waals surface area contributed by atoms with Crippen LogP contribution in [0.5, 0.6) is 5.75 Å². The number of carbonyl (C=O) groups excluding carboxylic acids is 1. The molecule has 0 aromatic heterocycles. The van der Waals surface area contributed by atoms with E-state index >= 15 is 0 Å². The highest BCUT2D eigenvalue weighted by Crippen LogP contribution is 2.48. The molecule has 5 nitrogen and oxygen atoms in total. The fourth-order valence-electron chi connectivity index (χ4n) is 3.67. The van der Waals surface area contributed by atoms with Gasteiger partial charge in [0.15, 0.2) is 0 Å². The number of rotatable bonds is 5. The molecular weight excluding hydrogens is 349 g/mol. The second kappa shape index (κ2) is 7.13. The minimum Gasteiger partial charge on any atom is -0.493 e. The van der Waals surface area contributed by atoms with Crippen molar-refractivity contribution in [3.8, 4) is 5.75 Å². The first kappa shape index (κ1) is 19.6. The monoisotopic (exact) mass is 377 g/mol. The van der Waals surface area contributed by atoms with E-state index in [1.54, 1.807) is 11.0 Å². The first-order chi connectivity index (χ1) is 12.6. The van der Waals surface area contributed by atoms with Crippen molar-refractivity contribution in [3.63, 3.8) is 0 Å². The number of likely N-dealkylation sites (tertiary alicyclic amines) is 1. The topological polar surface area (TPSA) is 66.8 Å². The molecule has 1 aliphatic carbocycles. The molecule has 0 spiro atoms. The van der Waals surface area contributed by atoms with Gasteiger partial charge in [-0.2, -0.15) is 0 Å². The van der Waals surface area contributed by atoms with Crippen LogP contribution in [0.15, 0.2) is 18.2 Å². The molecule has 1 aliphatic heterocycles. The van der Waals surface area contributed by atoms with E-state index in [2.05, 4.69) is 0 Å². The summed E-state index contributed by atoms with van der Waals surface area (Å²) in [6.07, 6.45) is 2.47. The van der Waals surface area contributed by atoms with Crippen molar-refractivity contribution < 1.29 is 23.8 Å². The van der Waals surface area contributed by atoms with Gasteiger partial charge in [-0.3, -0.25) is 9.59 Å². The average molecular weight is 377 g/mol. The Kier molecular flexibility index (Phi) is 5.19. The number of hydrogen-bond donors (Lipinski definition) is 1. The molecule has 1 aromatic rings. The molecule has 0 bridgehead atoms. The van der Waals surface area contributed by atoms with Crippen LogP contribution < -0.4 is 4.74 Å². The zero-order chi connectivity index (χ0) is 19.8. The molecule has 3 rings (SSSR count). The maximum Gasteiger partial charge on any atom is 0.319 e. The Hall–Kier alpha value is -2.11. The SMILES string of the molecule is CC(C)(C)c1cc(F)ccc1OCC1CCN(C(=O)C2(C(=O)O)CC2)CC1. The lowest BCUT2D eigenvalue weighted by Gasteiger charge is -2.33. The maximum absolute atomic E-state index is 13.6. The fourth-order valence-corrected chi connectivity index (χ4v) is 3.67. The smallest absolute Gasteiger partial charge is 0.319 e. The quantitative estimate of drug-likeness (QED) is 0.796. The highest BCUT2D eigenvalue weighted by atomic mass is 19.1. The molecule has 0 atom stereocenters. The molecule has 1 saturated carbocycles. The fraction of sp³-hybridized carbons (Fsp3) is 0.619. The number of ether oxygens (including phenoxy) is 1. The van der Waals surface area contributed by atoms with E-state index in [9.17, 15) is 19.1 Å². The third-order valence-corrected chi connectivity index (χ3v) is 5.69. The molecule has 2 aliphatic rings. The van der Waals surface area contributed by atoms with Crippen molar-refractivity contribution >= 4 is 11.9 Å². The Labute approximate surface area is 159 Å². The highest BCUT2D eigenvalue weighted by molar-refractivity contribution is 6.04. The Morgan fingerprint density at radius 2 is 1.89 bits per heavy atom. The van der Waals surface area contributed by atoms with Crippen molar-refractivity contribution in [2.24, 2.45) is 11.3 Å². The Morgan fingerprint density at radius 1 is 1.26 bits per heavy atom. The van der Waals surface area contributed by atoms with Gasteiger partial charge in [-0.05, 0) is 55.2 Å². The van der Waals surface area contributed by atoms with Gasteiger partial charge in [0.1, 0.15) is 17.0 Å². The Balaban J connectivity index is 1.55. The zero-order valence-electron chi connectivity index (χ0n) is 16.3. The normalized spacial score (nSPS) is 19.6. The van der Waals surface area contributed by atoms with Crippen molar-refractivity contribution in [1.82, 2.24) is 4.90 Å². The van der Waals surface area contributed by atoms with Crippen LogP contribution in [0.1, 0.15) is 52.0 Å². The van der Waals surface area contributed by atoms with Gasteiger partial charge in [-0.15, -0.1) is 0 Å². The highest BCUT2D eigenvalue weighted by Gasteiger charge is 2.58. The lowest BCUT2D eigenvalue weighted by atomic mass is 9.86. The number of benzene rings is 1. The van der Waals surface area contributed by atoms with Gasteiger partial charge >= 0.3 is 5.97 Å². The molecule has 6 heteroatoms. The van der Waals surface area contributed by atoms with E-state index in [4.69, 9.17) is 4.74 Å². The molecule has 0 radical (unpaired) electrons. The molecule has 1 amide bonds. The van der Waals surface area contributed by atoms with Gasteiger partial charge in [0.2, 0.25) is 5.91 Å². The van der Waals surface area contributed by atoms with E-state index in [-0.39, 0.29) is 17.1 Å². The number of piperidine rings is 1. The first-order valence-electron chi connectivity index (χ1n) is 9.59. The molecule has 0 unspecified atom stereocenters. The van der Waals surface area contributed by atoms with Crippen LogP contribution in [0.2, 0.25) is 0 Å². The van der Waals surface area contributed by atoms with Crippen molar-refractivity contribution in [1.29, 1.82) is 0 Å². The molecule has 2 fully saturated rings. The first-order valence-corrected chi connectivity index (χ1v) is 9.59. The van der Waals surface area contributed by atoms with Crippen molar-refractivity contribution in [2.45, 2.75) is 51.9 Å². The predicted octanol–water partition coefficient (Wildman–Crippen LogP) is 3.61. The molecule has 148 valence electrons. The lowest BCUT2D eigenvalue weighted by molar-refractivity contribution is -0.154. The van der Waals surface area contributed by atoms with Gasteiger partial charge in [-0.1, -0.05) is 20.8 Å². The number of aliphatic carboxylic acids is 1. The summed E-state index contributed by atoms with van der Waals surface area (Å²) in [6.45, 7) is 7.72. The number of carboxylic acids is 1. The van der Waals surface area contributed by atoms with E-state index < -0.39 is 11.4 Å². The van der Waals surface area contributed by atoms with Gasteiger partial charge in [0, 0.05) is 18.7 Å². The predicted molar refractivity (Wildman–Crippen MR) is 99.2 cm³/mol. The van der Waals surface area contributed by atoms with E-state index in [0.717, 1.165) is 18.4 Å². The zero-order valence-corrected chi connectivity index (χ0v) is 16.3. The van der Waals surface area contributed by atoms with Gasteiger partial charge in [0.05, 0.1) is 6.61 Å². The molecule has 1 aromatic carbocycles. The van der Waals surface area contributed by atoms with Crippen LogP contribution in [0.25, 0.3) is 0 Å². The number of carboxylic acid groups (broad SMARTS) is 1. The minimum atomic E-state index is -1.15. The lowest BCUT2D eigenvalue weighted by Crippen LogP contribution is -2.45. The second-order valence-electron chi connectivity index (χ2n) is 8.82. The number of amides is 1. The van der Waals surface area contributed by atoms with Crippen molar-refractivity contribution in [3.05, 3.63) is 29.6 Å². The van der Waals surface area contributed by atoms with Gasteiger partial charge < -0.3 is 14.7 Å². The van der Waals surface area contributed by atoms with E-state index in [1.165, 1.54) is 12.1 Å². The second-order valence-corrected chi connectivity index (χ2v) is 8.82. The standard InChI is InChI=1S/C21H28FNO4/c1-20(2,3)16-12-15(22)4-5-17(16)27-13-14-6-10-23(11-7-14)18(24)21(8-9-21)19(25)26/h4-5,12,14H,6-11,13H2,1-3H3,(H,25,26). The molecule has 1 N–H and O–H groups in total. The molecule has 27 heavy (non-hydrogen) atoms. The van der Waals surface area contributed by atoms with Crippen molar-refractivity contribution in [2.75, 3.05) is 19.7 Å². The maximum atomic E-state index is 13.6. The number of carbonyl (C=O) groups is 2. The average Bonchev–Trinajstić information content (AvgIpc) is 3.42. The summed E-state index contributed by atoms with van der Waals surface area (Å²) in [6, 6.07) is 4.61. The third-order valence-electron chi connectivity index (χ3n) is 5.69. The summed E-state index contributed by atoms with van der Waals surface area (Å²) in [4.78, 5) is 25.5. The molecule has 1 heterocycles. The Morgan fingerprint density at radius 3 is 2.41 bits per heavy atom. The molecular formula is C21H28FNO4. The van der Waals surface area contributed by atoms with Crippen LogP contribution >= 0.6 is 0 Å². The summed E-state index contributed by atoms with van der Waals surface area (Å²) in [7, 11) is 0. The van der Waals surface area contributed by atoms with Crippen LogP contribution in [0.3, 0.4) is 0 Å². The van der Waals surface area contributed by atoms with Crippen LogP contribution in [0.4, 0.5) is 4.39 Å². The number of nitrogens with zero attached hydrogens (tertiary/aromatic N) is 1. The van der Waals surface area contributed by atoms with Crippen LogP contribution in [0, 0.1) is 17.2 Å². The summed E-state index contributed by atoms with van der Waals surface area (Å²) in [5, 5.41) is 9.28. The summed E-state index contributed by atoms with van der Waals surface area (Å²) in [5.74, 6) is -0.504.